The first-order valence-electron chi connectivity index (χ1n) is 10.4. The summed E-state index contributed by atoms with van der Waals surface area (Å²) in [4.78, 5) is 26.8. The van der Waals surface area contributed by atoms with E-state index in [2.05, 4.69) is 20.1 Å². The van der Waals surface area contributed by atoms with E-state index in [9.17, 15) is 13.6 Å². The van der Waals surface area contributed by atoms with E-state index in [1.807, 2.05) is 24.5 Å². The molecule has 4 heterocycles. The first-order chi connectivity index (χ1) is 14.9. The molecule has 6 rings (SSSR count). The molecule has 0 saturated heterocycles. The molecule has 0 bridgehead atoms. The summed E-state index contributed by atoms with van der Waals surface area (Å²) in [6.07, 6.45) is 8.71. The van der Waals surface area contributed by atoms with E-state index < -0.39 is 12.0 Å². The molecule has 1 amide bonds. The van der Waals surface area contributed by atoms with Crippen LogP contribution in [0.4, 0.5) is 8.78 Å². The van der Waals surface area contributed by atoms with Crippen molar-refractivity contribution in [1.29, 1.82) is 0 Å². The lowest BCUT2D eigenvalue weighted by Gasteiger charge is -2.40. The molecule has 0 unspecified atom stereocenters. The van der Waals surface area contributed by atoms with Crippen molar-refractivity contribution in [2.45, 2.75) is 43.6 Å². The highest BCUT2D eigenvalue weighted by molar-refractivity contribution is 6.02. The molecule has 7 nitrogen and oxygen atoms in total. The summed E-state index contributed by atoms with van der Waals surface area (Å²) in [5.41, 5.74) is 3.65. The van der Waals surface area contributed by atoms with E-state index in [-0.39, 0.29) is 18.7 Å². The number of aromatic amines is 1. The zero-order valence-corrected chi connectivity index (χ0v) is 16.8. The lowest BCUT2D eigenvalue weighted by Crippen LogP contribution is -2.51. The Kier molecular flexibility index (Phi) is 3.75. The van der Waals surface area contributed by atoms with E-state index in [4.69, 9.17) is 0 Å². The molecular formula is C22H20F2N6O. The molecule has 0 aromatic carbocycles. The van der Waals surface area contributed by atoms with Crippen LogP contribution in [0.5, 0.6) is 0 Å². The summed E-state index contributed by atoms with van der Waals surface area (Å²) in [5, 5.41) is 5.18. The number of aromatic nitrogens is 5. The second kappa shape index (κ2) is 6.32. The summed E-state index contributed by atoms with van der Waals surface area (Å²) < 4.78 is 28.1. The number of nitrogens with zero attached hydrogens (tertiary/aromatic N) is 5. The van der Waals surface area contributed by atoms with Gasteiger partial charge in [-0.05, 0) is 30.5 Å². The molecule has 1 N–H and O–H groups in total. The first kappa shape index (κ1) is 18.4. The van der Waals surface area contributed by atoms with Gasteiger partial charge in [-0.1, -0.05) is 0 Å². The van der Waals surface area contributed by atoms with Crippen molar-refractivity contribution >= 4 is 22.5 Å². The summed E-state index contributed by atoms with van der Waals surface area (Å²) in [6.45, 7) is 0. The average molecular weight is 422 g/mol. The van der Waals surface area contributed by atoms with Crippen LogP contribution < -0.4 is 0 Å². The SMILES string of the molecule is CN(C(=O)c1cnn2ccc(-c3c[nH]c4nc(C5CC5)ncc34)cc12)C1CC(F)(F)C1. The van der Waals surface area contributed by atoms with Gasteiger partial charge in [-0.15, -0.1) is 0 Å². The van der Waals surface area contributed by atoms with Gasteiger partial charge >= 0.3 is 0 Å². The third-order valence-electron chi connectivity index (χ3n) is 6.39. The molecule has 0 spiro atoms. The summed E-state index contributed by atoms with van der Waals surface area (Å²) >= 11 is 0. The van der Waals surface area contributed by atoms with E-state index in [1.165, 1.54) is 11.1 Å². The lowest BCUT2D eigenvalue weighted by molar-refractivity contribution is -0.112. The van der Waals surface area contributed by atoms with Gasteiger partial charge in [0.2, 0.25) is 0 Å². The Morgan fingerprint density at radius 2 is 2.10 bits per heavy atom. The minimum Gasteiger partial charge on any atom is -0.345 e. The molecule has 4 aromatic rings. The highest BCUT2D eigenvalue weighted by atomic mass is 19.3. The van der Waals surface area contributed by atoms with Gasteiger partial charge < -0.3 is 9.88 Å². The quantitative estimate of drug-likeness (QED) is 0.539. The Labute approximate surface area is 176 Å². The molecule has 0 radical (unpaired) electrons. The predicted octanol–water partition coefficient (Wildman–Crippen LogP) is 4.02. The average Bonchev–Trinajstić information content (AvgIpc) is 3.37. The molecular weight excluding hydrogens is 402 g/mol. The summed E-state index contributed by atoms with van der Waals surface area (Å²) in [6, 6.07) is 3.36. The third-order valence-corrected chi connectivity index (χ3v) is 6.39. The lowest BCUT2D eigenvalue weighted by atomic mass is 9.87. The number of pyridine rings is 1. The first-order valence-corrected chi connectivity index (χ1v) is 10.4. The zero-order chi connectivity index (χ0) is 21.3. The fourth-order valence-corrected chi connectivity index (χ4v) is 4.27. The highest BCUT2D eigenvalue weighted by Crippen LogP contribution is 2.41. The van der Waals surface area contributed by atoms with Crippen molar-refractivity contribution < 1.29 is 13.6 Å². The van der Waals surface area contributed by atoms with Gasteiger partial charge in [-0.2, -0.15) is 5.10 Å². The Hall–Kier alpha value is -3.36. The number of hydrogen-bond donors (Lipinski definition) is 1. The van der Waals surface area contributed by atoms with Crippen molar-refractivity contribution in [1.82, 2.24) is 29.5 Å². The molecule has 2 aliphatic rings. The van der Waals surface area contributed by atoms with Crippen molar-refractivity contribution in [3.05, 3.63) is 48.3 Å². The molecule has 0 atom stereocenters. The third kappa shape index (κ3) is 2.98. The van der Waals surface area contributed by atoms with Crippen LogP contribution in [0, 0.1) is 0 Å². The molecule has 158 valence electrons. The molecule has 0 aliphatic heterocycles. The van der Waals surface area contributed by atoms with E-state index in [0.717, 1.165) is 40.8 Å². The smallest absolute Gasteiger partial charge is 0.257 e. The molecule has 31 heavy (non-hydrogen) atoms. The zero-order valence-electron chi connectivity index (χ0n) is 16.8. The largest absolute Gasteiger partial charge is 0.345 e. The highest BCUT2D eigenvalue weighted by Gasteiger charge is 2.48. The van der Waals surface area contributed by atoms with Crippen molar-refractivity contribution in [3.8, 4) is 11.1 Å². The predicted molar refractivity (Wildman–Crippen MR) is 110 cm³/mol. The number of amides is 1. The van der Waals surface area contributed by atoms with Crippen molar-refractivity contribution in [3.63, 3.8) is 0 Å². The summed E-state index contributed by atoms with van der Waals surface area (Å²) in [7, 11) is 1.57. The fraction of sp³-hybridized carbons (Fsp3) is 0.364. The Balaban J connectivity index is 1.35. The molecule has 2 fully saturated rings. The fourth-order valence-electron chi connectivity index (χ4n) is 4.27. The van der Waals surface area contributed by atoms with Gasteiger partial charge in [0.25, 0.3) is 11.8 Å². The second-order valence-corrected chi connectivity index (χ2v) is 8.60. The number of halogens is 2. The maximum atomic E-state index is 13.3. The minimum atomic E-state index is -2.68. The van der Waals surface area contributed by atoms with E-state index in [0.29, 0.717) is 17.0 Å². The van der Waals surface area contributed by atoms with Crippen LogP contribution in [-0.4, -0.2) is 54.4 Å². The monoisotopic (exact) mass is 422 g/mol. The van der Waals surface area contributed by atoms with Crippen LogP contribution in [-0.2, 0) is 0 Å². The molecule has 4 aromatic heterocycles. The second-order valence-electron chi connectivity index (χ2n) is 8.60. The summed E-state index contributed by atoms with van der Waals surface area (Å²) in [5.74, 6) is -1.63. The number of hydrogen-bond acceptors (Lipinski definition) is 4. The minimum absolute atomic E-state index is 0.294. The number of carbonyl (C=O) groups excluding carboxylic acids is 1. The standard InChI is InChI=1S/C22H20F2N6O/c1-29(14-7-22(23,24)8-14)21(31)17-11-27-30-5-4-13(6-18(17)30)15-9-26-20-16(15)10-25-19(28-20)12-2-3-12/h4-6,9-12,14H,2-3,7-8H2,1H3,(H,25,26,28). The molecule has 2 aliphatic carbocycles. The van der Waals surface area contributed by atoms with Gasteiger partial charge in [0.15, 0.2) is 0 Å². The van der Waals surface area contributed by atoms with Gasteiger partial charge in [0, 0.05) is 61.4 Å². The maximum Gasteiger partial charge on any atom is 0.257 e. The number of alkyl halides is 2. The maximum absolute atomic E-state index is 13.3. The van der Waals surface area contributed by atoms with Gasteiger partial charge in [0.1, 0.15) is 11.5 Å². The van der Waals surface area contributed by atoms with E-state index in [1.54, 1.807) is 17.8 Å². The van der Waals surface area contributed by atoms with Crippen LogP contribution in [0.2, 0.25) is 0 Å². The van der Waals surface area contributed by atoms with Crippen molar-refractivity contribution in [2.75, 3.05) is 7.05 Å². The normalized spacial score (nSPS) is 18.4. The number of carbonyl (C=O) groups is 1. The number of H-pyrrole nitrogens is 1. The van der Waals surface area contributed by atoms with Gasteiger partial charge in [-0.3, -0.25) is 4.79 Å². The van der Waals surface area contributed by atoms with Crippen molar-refractivity contribution in [2.24, 2.45) is 0 Å². The van der Waals surface area contributed by atoms with Gasteiger partial charge in [-0.25, -0.2) is 23.3 Å². The Morgan fingerprint density at radius 3 is 2.84 bits per heavy atom. The van der Waals surface area contributed by atoms with Crippen LogP contribution in [0.25, 0.3) is 27.7 Å². The topological polar surface area (TPSA) is 79.2 Å². The van der Waals surface area contributed by atoms with Crippen LogP contribution in [0.3, 0.4) is 0 Å². The van der Waals surface area contributed by atoms with Gasteiger partial charge in [0.05, 0.1) is 17.3 Å². The van der Waals surface area contributed by atoms with Crippen LogP contribution in [0.15, 0.2) is 36.9 Å². The van der Waals surface area contributed by atoms with E-state index >= 15 is 0 Å². The Bertz CT molecular complexity index is 1330. The van der Waals surface area contributed by atoms with Crippen LogP contribution in [0.1, 0.15) is 47.8 Å². The number of rotatable bonds is 4. The molecule has 2 saturated carbocycles. The number of nitrogens with one attached hydrogen (secondary N) is 1. The molecule has 9 heteroatoms. The van der Waals surface area contributed by atoms with Crippen LogP contribution >= 0.6 is 0 Å². The number of fused-ring (bicyclic) bond motifs is 2. The Morgan fingerprint density at radius 1 is 1.29 bits per heavy atom.